The second-order valence-electron chi connectivity index (χ2n) is 4.56. The van der Waals surface area contributed by atoms with Gasteiger partial charge in [-0.05, 0) is 6.42 Å². The highest BCUT2D eigenvalue weighted by Gasteiger charge is 1.99. The van der Waals surface area contributed by atoms with Gasteiger partial charge in [0.2, 0.25) is 5.12 Å². The molecule has 102 valence electrons. The Morgan fingerprint density at radius 3 is 1.82 bits per heavy atom. The van der Waals surface area contributed by atoms with E-state index in [1.165, 1.54) is 69.5 Å². The van der Waals surface area contributed by atoms with Crippen molar-refractivity contribution in [3.63, 3.8) is 0 Å². The van der Waals surface area contributed by atoms with Crippen LogP contribution in [0.5, 0.6) is 0 Å². The van der Waals surface area contributed by atoms with E-state index in [-0.39, 0.29) is 11.7 Å². The molecule has 0 aromatic rings. The van der Waals surface area contributed by atoms with Crippen LogP contribution in [0.1, 0.15) is 71.1 Å². The number of aliphatic hydroxyl groups excluding tert-OH is 1. The Labute approximate surface area is 111 Å². The van der Waals surface area contributed by atoms with Crippen molar-refractivity contribution >= 4 is 16.9 Å². The van der Waals surface area contributed by atoms with Gasteiger partial charge in [0.05, 0.1) is 0 Å². The molecule has 0 unspecified atom stereocenters. The quantitative estimate of drug-likeness (QED) is 0.535. The molecule has 0 atom stereocenters. The third-order valence-corrected chi connectivity index (χ3v) is 3.83. The first-order chi connectivity index (χ1) is 8.31. The maximum atomic E-state index is 10.8. The number of carbonyl (C=O) groups excluding carboxylic acids is 1. The molecule has 0 heterocycles. The Kier molecular flexibility index (Phi) is 14.0. The molecule has 3 heteroatoms. The molecule has 1 N–H and O–H groups in total. The first-order valence-electron chi connectivity index (χ1n) is 7.07. The fourth-order valence-corrected chi connectivity index (χ4v) is 2.49. The Hall–Kier alpha value is -0.0200. The van der Waals surface area contributed by atoms with Gasteiger partial charge in [-0.15, -0.1) is 0 Å². The summed E-state index contributed by atoms with van der Waals surface area (Å²) in [6.45, 7) is 1.93. The van der Waals surface area contributed by atoms with Crippen molar-refractivity contribution in [3.8, 4) is 0 Å². The van der Waals surface area contributed by atoms with Gasteiger partial charge in [0.25, 0.3) is 0 Å². The van der Waals surface area contributed by atoms with Crippen molar-refractivity contribution in [3.05, 3.63) is 0 Å². The molecular weight excluding hydrogens is 232 g/mol. The summed E-state index contributed by atoms with van der Waals surface area (Å²) >= 11 is 1.26. The van der Waals surface area contributed by atoms with Crippen LogP contribution in [-0.2, 0) is 4.79 Å². The van der Waals surface area contributed by atoms with E-state index < -0.39 is 0 Å². The molecule has 0 saturated heterocycles. The summed E-state index contributed by atoms with van der Waals surface area (Å²) in [5.41, 5.74) is 0. The maximum Gasteiger partial charge on any atom is 0.214 e. The summed E-state index contributed by atoms with van der Waals surface area (Å²) in [7, 11) is 0. The number of carbonyl (C=O) groups is 1. The standard InChI is InChI=1S/C14H28O2S/c1-2-3-4-5-6-7-8-9-10-11-12-17-14(16)13-15/h15H,2-13H2,1H3. The molecule has 0 aliphatic heterocycles. The number of hydrogen-bond acceptors (Lipinski definition) is 3. The minimum atomic E-state index is -0.317. The Bertz CT molecular complexity index is 172. The van der Waals surface area contributed by atoms with Crippen LogP contribution in [-0.4, -0.2) is 22.6 Å². The number of hydrogen-bond donors (Lipinski definition) is 1. The number of rotatable bonds is 12. The van der Waals surface area contributed by atoms with E-state index in [1.807, 2.05) is 0 Å². The average molecular weight is 260 g/mol. The van der Waals surface area contributed by atoms with Gasteiger partial charge in [0.1, 0.15) is 6.61 Å². The second kappa shape index (κ2) is 14.0. The predicted molar refractivity (Wildman–Crippen MR) is 76.4 cm³/mol. The second-order valence-corrected chi connectivity index (χ2v) is 5.71. The highest BCUT2D eigenvalue weighted by molar-refractivity contribution is 8.13. The van der Waals surface area contributed by atoms with Crippen LogP contribution >= 0.6 is 11.8 Å². The van der Waals surface area contributed by atoms with Crippen LogP contribution < -0.4 is 0 Å². The lowest BCUT2D eigenvalue weighted by molar-refractivity contribution is -0.113. The molecule has 0 rings (SSSR count). The lowest BCUT2D eigenvalue weighted by atomic mass is 10.1. The zero-order valence-corrected chi connectivity index (χ0v) is 12.1. The van der Waals surface area contributed by atoms with Crippen molar-refractivity contribution in [1.29, 1.82) is 0 Å². The van der Waals surface area contributed by atoms with Crippen molar-refractivity contribution in [2.45, 2.75) is 71.1 Å². The van der Waals surface area contributed by atoms with Crippen molar-refractivity contribution in [2.24, 2.45) is 0 Å². The third kappa shape index (κ3) is 13.9. The summed E-state index contributed by atoms with van der Waals surface area (Å²) in [5.74, 6) is 0.871. The molecule has 0 aromatic carbocycles. The van der Waals surface area contributed by atoms with E-state index in [4.69, 9.17) is 5.11 Å². The lowest BCUT2D eigenvalue weighted by Crippen LogP contribution is -1.98. The number of thioether (sulfide) groups is 1. The normalized spacial score (nSPS) is 10.7. The summed E-state index contributed by atoms with van der Waals surface area (Å²) in [4.78, 5) is 10.8. The van der Waals surface area contributed by atoms with Crippen molar-refractivity contribution in [1.82, 2.24) is 0 Å². The molecule has 0 aliphatic rings. The molecule has 0 spiro atoms. The smallest absolute Gasteiger partial charge is 0.214 e. The highest BCUT2D eigenvalue weighted by Crippen LogP contribution is 2.12. The van der Waals surface area contributed by atoms with Crippen molar-refractivity contribution in [2.75, 3.05) is 12.4 Å². The zero-order valence-electron chi connectivity index (χ0n) is 11.2. The fraction of sp³-hybridized carbons (Fsp3) is 0.929. The van der Waals surface area contributed by atoms with Gasteiger partial charge in [-0.3, -0.25) is 4.79 Å². The molecule has 0 fully saturated rings. The molecule has 0 saturated carbocycles. The number of aliphatic hydroxyl groups is 1. The first kappa shape index (κ1) is 17.0. The largest absolute Gasteiger partial charge is 0.388 e. The SMILES string of the molecule is CCCCCCCCCCCCSC(=O)CO. The predicted octanol–water partition coefficient (Wildman–Crippen LogP) is 4.16. The minimum absolute atomic E-state index is 0.0964. The van der Waals surface area contributed by atoms with Crippen LogP contribution in [0.2, 0.25) is 0 Å². The summed E-state index contributed by atoms with van der Waals surface area (Å²) < 4.78 is 0. The summed E-state index contributed by atoms with van der Waals surface area (Å²) in [6.07, 6.45) is 13.2. The number of unbranched alkanes of at least 4 members (excludes halogenated alkanes) is 9. The van der Waals surface area contributed by atoms with Crippen LogP contribution in [0, 0.1) is 0 Å². The minimum Gasteiger partial charge on any atom is -0.388 e. The molecule has 2 nitrogen and oxygen atoms in total. The van der Waals surface area contributed by atoms with Gasteiger partial charge in [0.15, 0.2) is 0 Å². The van der Waals surface area contributed by atoms with E-state index in [1.54, 1.807) is 0 Å². The van der Waals surface area contributed by atoms with Gasteiger partial charge >= 0.3 is 0 Å². The summed E-state index contributed by atoms with van der Waals surface area (Å²) in [6, 6.07) is 0. The van der Waals surface area contributed by atoms with E-state index >= 15 is 0 Å². The fourth-order valence-electron chi connectivity index (χ4n) is 1.82. The van der Waals surface area contributed by atoms with Gasteiger partial charge < -0.3 is 5.11 Å². The Balaban J connectivity index is 2.96. The molecule has 0 aromatic heterocycles. The van der Waals surface area contributed by atoms with E-state index in [0.717, 1.165) is 12.2 Å². The van der Waals surface area contributed by atoms with Gasteiger partial charge in [-0.25, -0.2) is 0 Å². The Morgan fingerprint density at radius 2 is 1.35 bits per heavy atom. The molecular formula is C14H28O2S. The van der Waals surface area contributed by atoms with Crippen LogP contribution in [0.25, 0.3) is 0 Å². The van der Waals surface area contributed by atoms with Crippen LogP contribution in [0.15, 0.2) is 0 Å². The molecule has 0 radical (unpaired) electrons. The average Bonchev–Trinajstić information content (AvgIpc) is 2.35. The van der Waals surface area contributed by atoms with Gasteiger partial charge in [-0.2, -0.15) is 0 Å². The first-order valence-corrected chi connectivity index (χ1v) is 8.06. The third-order valence-electron chi connectivity index (χ3n) is 2.89. The van der Waals surface area contributed by atoms with E-state index in [0.29, 0.717) is 0 Å². The molecule has 0 amide bonds. The maximum absolute atomic E-state index is 10.8. The zero-order chi connectivity index (χ0) is 12.8. The van der Waals surface area contributed by atoms with Gasteiger partial charge in [0, 0.05) is 5.75 Å². The molecule has 0 bridgehead atoms. The Morgan fingerprint density at radius 1 is 0.882 bits per heavy atom. The highest BCUT2D eigenvalue weighted by atomic mass is 32.2. The van der Waals surface area contributed by atoms with Crippen LogP contribution in [0.4, 0.5) is 0 Å². The van der Waals surface area contributed by atoms with Crippen molar-refractivity contribution < 1.29 is 9.90 Å². The lowest BCUT2D eigenvalue weighted by Gasteiger charge is -2.02. The van der Waals surface area contributed by atoms with E-state index in [9.17, 15) is 4.79 Å². The topological polar surface area (TPSA) is 37.3 Å². The van der Waals surface area contributed by atoms with E-state index in [2.05, 4.69) is 6.92 Å². The monoisotopic (exact) mass is 260 g/mol. The molecule has 0 aliphatic carbocycles. The van der Waals surface area contributed by atoms with Crippen LogP contribution in [0.3, 0.4) is 0 Å². The summed E-state index contributed by atoms with van der Waals surface area (Å²) in [5, 5.41) is 8.43. The van der Waals surface area contributed by atoms with Gasteiger partial charge in [-0.1, -0.05) is 76.5 Å². The molecule has 17 heavy (non-hydrogen) atoms.